The van der Waals surface area contributed by atoms with Gasteiger partial charge in [0.15, 0.2) is 5.76 Å². The lowest BCUT2D eigenvalue weighted by atomic mass is 10.1. The lowest BCUT2D eigenvalue weighted by Crippen LogP contribution is -2.40. The summed E-state index contributed by atoms with van der Waals surface area (Å²) in [5, 5.41) is 9.24. The number of aliphatic carboxylic acids is 1. The molecule has 0 spiro atoms. The molecular weight excluding hydrogens is 370 g/mol. The largest absolute Gasteiger partial charge is 0.486 e. The fourth-order valence-electron chi connectivity index (χ4n) is 3.51. The molecule has 1 amide bonds. The van der Waals surface area contributed by atoms with E-state index in [1.54, 1.807) is 12.1 Å². The minimum absolute atomic E-state index is 0.135. The van der Waals surface area contributed by atoms with Gasteiger partial charge in [0, 0.05) is 6.54 Å². The predicted octanol–water partition coefficient (Wildman–Crippen LogP) is 4.21. The Labute approximate surface area is 168 Å². The van der Waals surface area contributed by atoms with Crippen molar-refractivity contribution < 1.29 is 23.8 Å². The number of carbonyl (C=O) groups is 2. The molecule has 6 nitrogen and oxygen atoms in total. The van der Waals surface area contributed by atoms with E-state index in [4.69, 9.17) is 9.15 Å². The number of carboxylic acids is 1. The maximum Gasteiger partial charge on any atom is 0.326 e. The highest BCUT2D eigenvalue weighted by Crippen LogP contribution is 2.24. The summed E-state index contributed by atoms with van der Waals surface area (Å²) in [7, 11) is 0. The van der Waals surface area contributed by atoms with E-state index in [-0.39, 0.29) is 12.4 Å². The van der Waals surface area contributed by atoms with Crippen molar-refractivity contribution in [3.63, 3.8) is 0 Å². The summed E-state index contributed by atoms with van der Waals surface area (Å²) >= 11 is 0. The minimum Gasteiger partial charge on any atom is -0.486 e. The second kappa shape index (κ2) is 8.22. The summed E-state index contributed by atoms with van der Waals surface area (Å²) in [6, 6.07) is 20.3. The molecule has 148 valence electrons. The number of likely N-dealkylation sites (tertiary alicyclic amines) is 1. The van der Waals surface area contributed by atoms with Crippen molar-refractivity contribution in [3.8, 4) is 16.9 Å². The van der Waals surface area contributed by atoms with E-state index in [2.05, 4.69) is 0 Å². The summed E-state index contributed by atoms with van der Waals surface area (Å²) in [6.45, 7) is 0.608. The third-order valence-electron chi connectivity index (χ3n) is 5.01. The van der Waals surface area contributed by atoms with Crippen LogP contribution >= 0.6 is 0 Å². The molecule has 1 atom stereocenters. The molecule has 29 heavy (non-hydrogen) atoms. The van der Waals surface area contributed by atoms with E-state index in [1.807, 2.05) is 54.6 Å². The first-order valence-electron chi connectivity index (χ1n) is 9.52. The van der Waals surface area contributed by atoms with Crippen LogP contribution in [-0.2, 0) is 11.4 Å². The van der Waals surface area contributed by atoms with Crippen molar-refractivity contribution in [1.82, 2.24) is 4.90 Å². The van der Waals surface area contributed by atoms with Gasteiger partial charge in [0.1, 0.15) is 24.2 Å². The number of carboxylic acid groups (broad SMARTS) is 1. The van der Waals surface area contributed by atoms with E-state index in [1.165, 1.54) is 4.90 Å². The lowest BCUT2D eigenvalue weighted by molar-refractivity contribution is -0.141. The summed E-state index contributed by atoms with van der Waals surface area (Å²) in [5.41, 5.74) is 2.23. The number of hydrogen-bond acceptors (Lipinski definition) is 4. The van der Waals surface area contributed by atoms with E-state index in [0.29, 0.717) is 30.9 Å². The SMILES string of the molecule is O=C(O)[C@H]1CCCN1C(=O)c1ccc(COc2ccc(-c3ccccc3)cc2)o1. The first kappa shape index (κ1) is 18.8. The Bertz CT molecular complexity index is 994. The quantitative estimate of drug-likeness (QED) is 0.681. The Morgan fingerprint density at radius 2 is 1.72 bits per heavy atom. The minimum atomic E-state index is -0.982. The Morgan fingerprint density at radius 1 is 1.00 bits per heavy atom. The van der Waals surface area contributed by atoms with E-state index in [9.17, 15) is 14.7 Å². The molecule has 6 heteroatoms. The normalized spacial score (nSPS) is 16.0. The molecule has 0 aliphatic carbocycles. The molecular formula is C23H21NO5. The Hall–Kier alpha value is -3.54. The molecule has 0 radical (unpaired) electrons. The number of carbonyl (C=O) groups excluding carboxylic acids is 1. The van der Waals surface area contributed by atoms with Gasteiger partial charge in [-0.05, 0) is 48.2 Å². The predicted molar refractivity (Wildman–Crippen MR) is 107 cm³/mol. The van der Waals surface area contributed by atoms with Crippen LogP contribution < -0.4 is 4.74 Å². The molecule has 2 heterocycles. The zero-order valence-corrected chi connectivity index (χ0v) is 15.8. The van der Waals surface area contributed by atoms with Crippen molar-refractivity contribution in [1.29, 1.82) is 0 Å². The number of hydrogen-bond donors (Lipinski definition) is 1. The summed E-state index contributed by atoms with van der Waals surface area (Å²) in [6.07, 6.45) is 1.15. The zero-order chi connectivity index (χ0) is 20.2. The first-order chi connectivity index (χ1) is 14.1. The number of nitrogens with zero attached hydrogens (tertiary/aromatic N) is 1. The Kier molecular flexibility index (Phi) is 5.33. The second-order valence-corrected chi connectivity index (χ2v) is 6.94. The molecule has 0 bridgehead atoms. The average molecular weight is 391 g/mol. The average Bonchev–Trinajstić information content (AvgIpc) is 3.43. The number of furan rings is 1. The van der Waals surface area contributed by atoms with Gasteiger partial charge in [-0.15, -0.1) is 0 Å². The third kappa shape index (κ3) is 4.16. The highest BCUT2D eigenvalue weighted by molar-refractivity contribution is 5.94. The molecule has 1 saturated heterocycles. The zero-order valence-electron chi connectivity index (χ0n) is 15.8. The molecule has 1 aliphatic rings. The summed E-state index contributed by atoms with van der Waals surface area (Å²) in [5.74, 6) is -0.0412. The first-order valence-corrected chi connectivity index (χ1v) is 9.52. The standard InChI is InChI=1S/C23H21NO5/c25-22(24-14-4-7-20(24)23(26)27)21-13-12-19(29-21)15-28-18-10-8-17(9-11-18)16-5-2-1-3-6-16/h1-3,5-6,8-13,20H,4,7,14-15H2,(H,26,27)/t20-/m1/s1. The van der Waals surface area contributed by atoms with Crippen LogP contribution in [-0.4, -0.2) is 34.5 Å². The Balaban J connectivity index is 1.37. The smallest absolute Gasteiger partial charge is 0.326 e. The van der Waals surface area contributed by atoms with Gasteiger partial charge < -0.3 is 19.2 Å². The van der Waals surface area contributed by atoms with Gasteiger partial charge in [-0.25, -0.2) is 4.79 Å². The fraction of sp³-hybridized carbons (Fsp3) is 0.217. The topological polar surface area (TPSA) is 80.0 Å². The maximum absolute atomic E-state index is 12.5. The van der Waals surface area contributed by atoms with Crippen LogP contribution in [0.15, 0.2) is 71.1 Å². The molecule has 1 aliphatic heterocycles. The van der Waals surface area contributed by atoms with Gasteiger partial charge in [0.2, 0.25) is 0 Å². The van der Waals surface area contributed by atoms with Crippen LogP contribution in [0.3, 0.4) is 0 Å². The van der Waals surface area contributed by atoms with Crippen molar-refractivity contribution in [2.45, 2.75) is 25.5 Å². The molecule has 4 rings (SSSR count). The van der Waals surface area contributed by atoms with Gasteiger partial charge in [-0.2, -0.15) is 0 Å². The lowest BCUT2D eigenvalue weighted by Gasteiger charge is -2.19. The third-order valence-corrected chi connectivity index (χ3v) is 5.01. The molecule has 2 aromatic carbocycles. The number of ether oxygens (including phenoxy) is 1. The van der Waals surface area contributed by atoms with Crippen molar-refractivity contribution in [3.05, 3.63) is 78.3 Å². The van der Waals surface area contributed by atoms with Crippen molar-refractivity contribution in [2.75, 3.05) is 6.54 Å². The van der Waals surface area contributed by atoms with Gasteiger partial charge in [-0.1, -0.05) is 42.5 Å². The summed E-state index contributed by atoms with van der Waals surface area (Å²) < 4.78 is 11.3. The molecule has 0 unspecified atom stereocenters. The van der Waals surface area contributed by atoms with Gasteiger partial charge >= 0.3 is 5.97 Å². The maximum atomic E-state index is 12.5. The molecule has 1 N–H and O–H groups in total. The van der Waals surface area contributed by atoms with Crippen LogP contribution in [0.2, 0.25) is 0 Å². The summed E-state index contributed by atoms with van der Waals surface area (Å²) in [4.78, 5) is 25.2. The van der Waals surface area contributed by atoms with Crippen LogP contribution in [0, 0.1) is 0 Å². The monoisotopic (exact) mass is 391 g/mol. The highest BCUT2D eigenvalue weighted by Gasteiger charge is 2.35. The van der Waals surface area contributed by atoms with Crippen molar-refractivity contribution >= 4 is 11.9 Å². The number of benzene rings is 2. The highest BCUT2D eigenvalue weighted by atomic mass is 16.5. The second-order valence-electron chi connectivity index (χ2n) is 6.94. The van der Waals surface area contributed by atoms with Crippen molar-refractivity contribution in [2.24, 2.45) is 0 Å². The molecule has 3 aromatic rings. The Morgan fingerprint density at radius 3 is 2.45 bits per heavy atom. The van der Waals surface area contributed by atoms with Crippen LogP contribution in [0.5, 0.6) is 5.75 Å². The van der Waals surface area contributed by atoms with Gasteiger partial charge in [-0.3, -0.25) is 4.79 Å². The number of amides is 1. The van der Waals surface area contributed by atoms with Crippen LogP contribution in [0.1, 0.15) is 29.2 Å². The molecule has 1 fully saturated rings. The van der Waals surface area contributed by atoms with Crippen LogP contribution in [0.4, 0.5) is 0 Å². The van der Waals surface area contributed by atoms with E-state index in [0.717, 1.165) is 11.1 Å². The van der Waals surface area contributed by atoms with Crippen LogP contribution in [0.25, 0.3) is 11.1 Å². The van der Waals surface area contributed by atoms with E-state index >= 15 is 0 Å². The van der Waals surface area contributed by atoms with Gasteiger partial charge in [0.25, 0.3) is 5.91 Å². The number of rotatable bonds is 6. The molecule has 1 aromatic heterocycles. The van der Waals surface area contributed by atoms with E-state index < -0.39 is 17.9 Å². The molecule has 0 saturated carbocycles. The van der Waals surface area contributed by atoms with Gasteiger partial charge in [0.05, 0.1) is 0 Å². The fourth-order valence-corrected chi connectivity index (χ4v) is 3.51.